The third kappa shape index (κ3) is 1.34. The highest BCUT2D eigenvalue weighted by Crippen LogP contribution is 2.51. The predicted molar refractivity (Wildman–Crippen MR) is 106 cm³/mol. The molecule has 2 atom stereocenters. The van der Waals surface area contributed by atoms with Gasteiger partial charge >= 0.3 is 0 Å². The van der Waals surface area contributed by atoms with Crippen LogP contribution in [-0.2, 0) is 0 Å². The highest BCUT2D eigenvalue weighted by atomic mass is 32.1. The first-order valence-corrected chi connectivity index (χ1v) is 9.68. The summed E-state index contributed by atoms with van der Waals surface area (Å²) in [5, 5.41) is 0. The number of allylic oxidation sites excluding steroid dienone is 16. The largest absolute Gasteiger partial charge is 0.135 e. The molecule has 0 aliphatic heterocycles. The third-order valence-corrected chi connectivity index (χ3v) is 7.47. The van der Waals surface area contributed by atoms with Gasteiger partial charge in [0.05, 0.1) is 0 Å². The van der Waals surface area contributed by atoms with Crippen LogP contribution in [-0.4, -0.2) is 0 Å². The van der Waals surface area contributed by atoms with E-state index in [0.29, 0.717) is 11.8 Å². The number of hydrogen-bond donors (Lipinski definition) is 0. The smallest absolute Gasteiger partial charge is 0.0400 e. The van der Waals surface area contributed by atoms with Crippen molar-refractivity contribution < 1.29 is 0 Å². The molecule has 1 aromatic heterocycles. The summed E-state index contributed by atoms with van der Waals surface area (Å²) in [6.45, 7) is 0. The Morgan fingerprint density at radius 3 is 1.56 bits per heavy atom. The topological polar surface area (TPSA) is 0 Å². The van der Waals surface area contributed by atoms with Crippen LogP contribution in [0.15, 0.2) is 84.1 Å². The Balaban J connectivity index is 1.66. The molecule has 0 N–H and O–H groups in total. The molecular weight excluding hydrogens is 320 g/mol. The van der Waals surface area contributed by atoms with Gasteiger partial charge < -0.3 is 0 Å². The van der Waals surface area contributed by atoms with E-state index in [1.165, 1.54) is 53.6 Å². The highest BCUT2D eigenvalue weighted by Gasteiger charge is 2.41. The minimum atomic E-state index is 0.458. The zero-order chi connectivity index (χ0) is 16.1. The molecule has 116 valence electrons. The molecule has 0 bridgehead atoms. The van der Waals surface area contributed by atoms with Gasteiger partial charge in [-0.15, -0.1) is 11.3 Å². The third-order valence-electron chi connectivity index (χ3n) is 6.18. The number of thiophene rings is 1. The molecule has 0 nitrogen and oxygen atoms in total. The van der Waals surface area contributed by atoms with Crippen LogP contribution in [0.2, 0.25) is 0 Å². The second-order valence-corrected chi connectivity index (χ2v) is 8.32. The van der Waals surface area contributed by atoms with Crippen molar-refractivity contribution in [2.24, 2.45) is 11.8 Å². The Labute approximate surface area is 149 Å². The molecule has 0 saturated carbocycles. The predicted octanol–water partition coefficient (Wildman–Crippen LogP) is 4.21. The van der Waals surface area contributed by atoms with Crippen molar-refractivity contribution >= 4 is 33.6 Å². The van der Waals surface area contributed by atoms with E-state index in [9.17, 15) is 0 Å². The van der Waals surface area contributed by atoms with Crippen LogP contribution in [0.1, 0.15) is 11.1 Å². The second-order valence-electron chi connectivity index (χ2n) is 7.30. The Hall–Kier alpha value is -2.64. The molecule has 6 aliphatic carbocycles. The molecule has 25 heavy (non-hydrogen) atoms. The van der Waals surface area contributed by atoms with Crippen LogP contribution in [0.25, 0.3) is 22.3 Å². The van der Waals surface area contributed by atoms with Crippen LogP contribution in [0.5, 0.6) is 0 Å². The van der Waals surface area contributed by atoms with Crippen molar-refractivity contribution in [3.05, 3.63) is 104 Å². The average molecular weight is 334 g/mol. The summed E-state index contributed by atoms with van der Waals surface area (Å²) in [6, 6.07) is 0. The molecule has 7 rings (SSSR count). The summed E-state index contributed by atoms with van der Waals surface area (Å²) in [5.74, 6) is 0.916. The van der Waals surface area contributed by atoms with E-state index < -0.39 is 0 Å². The zero-order valence-corrected chi connectivity index (χ0v) is 14.3. The minimum absolute atomic E-state index is 0.458. The van der Waals surface area contributed by atoms with E-state index in [4.69, 9.17) is 0 Å². The number of hydrogen-bond acceptors (Lipinski definition) is 1. The Bertz CT molecular complexity index is 1170. The lowest BCUT2D eigenvalue weighted by atomic mass is 9.78. The van der Waals surface area contributed by atoms with Gasteiger partial charge in [0, 0.05) is 32.0 Å². The van der Waals surface area contributed by atoms with E-state index in [-0.39, 0.29) is 0 Å². The lowest BCUT2D eigenvalue weighted by Gasteiger charge is -2.24. The van der Waals surface area contributed by atoms with Crippen molar-refractivity contribution in [1.82, 2.24) is 0 Å². The molecule has 1 heteroatoms. The van der Waals surface area contributed by atoms with Crippen molar-refractivity contribution in [3.63, 3.8) is 0 Å². The monoisotopic (exact) mass is 334 g/mol. The first-order valence-electron chi connectivity index (χ1n) is 8.87. The van der Waals surface area contributed by atoms with Gasteiger partial charge in [0.1, 0.15) is 0 Å². The zero-order valence-electron chi connectivity index (χ0n) is 13.5. The van der Waals surface area contributed by atoms with Crippen LogP contribution in [0, 0.1) is 11.8 Å². The number of fused-ring (bicyclic) bond motifs is 5. The van der Waals surface area contributed by atoms with E-state index in [2.05, 4.69) is 72.9 Å². The molecule has 6 aliphatic rings. The first-order chi connectivity index (χ1) is 12.4. The normalized spacial score (nSPS) is 28.2. The van der Waals surface area contributed by atoms with Crippen molar-refractivity contribution in [2.75, 3.05) is 0 Å². The Morgan fingerprint density at radius 2 is 1.04 bits per heavy atom. The second kappa shape index (κ2) is 4.12. The molecule has 0 fully saturated rings. The van der Waals surface area contributed by atoms with Crippen LogP contribution >= 0.6 is 11.3 Å². The molecule has 0 aromatic carbocycles. The fraction of sp³-hybridized carbons (Fsp3) is 0.0833. The first kappa shape index (κ1) is 12.7. The molecular formula is C24H14S. The Kier molecular flexibility index (Phi) is 2.09. The maximum absolute atomic E-state index is 2.35. The lowest BCUT2D eigenvalue weighted by Crippen LogP contribution is -2.10. The van der Waals surface area contributed by atoms with Gasteiger partial charge in [0.25, 0.3) is 0 Å². The quantitative estimate of drug-likeness (QED) is 0.667. The summed E-state index contributed by atoms with van der Waals surface area (Å²) >= 11 is 2.01. The summed E-state index contributed by atoms with van der Waals surface area (Å²) in [4.78, 5) is 0. The summed E-state index contributed by atoms with van der Waals surface area (Å²) < 4.78 is 3.00. The van der Waals surface area contributed by atoms with Crippen molar-refractivity contribution in [2.45, 2.75) is 0 Å². The van der Waals surface area contributed by atoms with E-state index >= 15 is 0 Å². The SMILES string of the molecule is C1=CC2=CC=CC3=c4sc5c(c4C(=C1)C23)C1=CC=CC2=CC=CC=5C21. The van der Waals surface area contributed by atoms with Crippen molar-refractivity contribution in [3.8, 4) is 0 Å². The average Bonchev–Trinajstić information content (AvgIpc) is 3.28. The van der Waals surface area contributed by atoms with Gasteiger partial charge in [-0.05, 0) is 33.4 Å². The minimum Gasteiger partial charge on any atom is -0.135 e. The summed E-state index contributed by atoms with van der Waals surface area (Å²) in [5.41, 5.74) is 11.9. The molecule has 0 radical (unpaired) electrons. The van der Waals surface area contributed by atoms with Gasteiger partial charge in [-0.3, -0.25) is 0 Å². The fourth-order valence-corrected chi connectivity index (χ4v) is 6.70. The fourth-order valence-electron chi connectivity index (χ4n) is 5.24. The maximum atomic E-state index is 2.35. The van der Waals surface area contributed by atoms with Gasteiger partial charge in [-0.2, -0.15) is 0 Å². The molecule has 0 saturated heterocycles. The van der Waals surface area contributed by atoms with Gasteiger partial charge in [0.15, 0.2) is 0 Å². The van der Waals surface area contributed by atoms with E-state index in [1.807, 2.05) is 11.3 Å². The molecule has 0 amide bonds. The van der Waals surface area contributed by atoms with Crippen LogP contribution in [0.4, 0.5) is 0 Å². The summed E-state index contributed by atoms with van der Waals surface area (Å²) in [6.07, 6.45) is 27.3. The van der Waals surface area contributed by atoms with Gasteiger partial charge in [-0.25, -0.2) is 0 Å². The summed E-state index contributed by atoms with van der Waals surface area (Å²) in [7, 11) is 0. The highest BCUT2D eigenvalue weighted by molar-refractivity contribution is 7.08. The molecule has 2 unspecified atom stereocenters. The van der Waals surface area contributed by atoms with Gasteiger partial charge in [-0.1, -0.05) is 72.9 Å². The van der Waals surface area contributed by atoms with Gasteiger partial charge in [0.2, 0.25) is 0 Å². The molecule has 0 spiro atoms. The van der Waals surface area contributed by atoms with E-state index in [0.717, 1.165) is 0 Å². The van der Waals surface area contributed by atoms with Crippen LogP contribution < -0.4 is 9.06 Å². The Morgan fingerprint density at radius 1 is 0.560 bits per heavy atom. The van der Waals surface area contributed by atoms with Crippen LogP contribution in [0.3, 0.4) is 0 Å². The van der Waals surface area contributed by atoms with Crippen molar-refractivity contribution in [1.29, 1.82) is 0 Å². The molecule has 1 heterocycles. The lowest BCUT2D eigenvalue weighted by molar-refractivity contribution is 1.05. The number of rotatable bonds is 0. The van der Waals surface area contributed by atoms with E-state index in [1.54, 1.807) is 0 Å². The standard InChI is InChI=1S/C24H14S/c1-5-13-7-3-11-17-19(13)15(9-1)21-22-16-10-2-6-14-8-4-12-18(20(14)16)24(22)25-23(17)21/h1-12,19-20H. The maximum Gasteiger partial charge on any atom is 0.0400 e. The molecule has 1 aromatic rings.